The fourth-order valence-electron chi connectivity index (χ4n) is 7.78. The van der Waals surface area contributed by atoms with Gasteiger partial charge in [-0.25, -0.2) is 9.78 Å². The topological polar surface area (TPSA) is 124 Å². The Balaban J connectivity index is 1.48. The van der Waals surface area contributed by atoms with Crippen molar-refractivity contribution in [2.24, 2.45) is 0 Å². The lowest BCUT2D eigenvalue weighted by atomic mass is 9.85. The third-order valence-electron chi connectivity index (χ3n) is 11.0. The Kier molecular flexibility index (Phi) is 12.5. The van der Waals surface area contributed by atoms with Gasteiger partial charge in [-0.1, -0.05) is 51.9 Å². The first kappa shape index (κ1) is 42.3. The Morgan fingerprint density at radius 1 is 0.982 bits per heavy atom. The number of anilines is 1. The summed E-state index contributed by atoms with van der Waals surface area (Å²) in [5, 5.41) is 15.8. The SMILES string of the molecule is C=C(OCC)c1c(C2CC3CCC(C2)N3C(=O)OC(C)(C)C)nc2c(-c3ccc(C4(O)CC4)nc3)cnn2c1N(COCC[Si](C)(C)C)COCC[Si](C)(C)C. The molecule has 0 aromatic carbocycles. The van der Waals surface area contributed by atoms with Crippen molar-refractivity contribution in [3.63, 3.8) is 0 Å². The highest BCUT2D eigenvalue weighted by Gasteiger charge is 2.47. The van der Waals surface area contributed by atoms with Crippen LogP contribution >= 0.6 is 0 Å². The van der Waals surface area contributed by atoms with Gasteiger partial charge in [0.2, 0.25) is 0 Å². The fraction of sp³-hybridized carbons (Fsp3) is 0.667. The van der Waals surface area contributed by atoms with Crippen molar-refractivity contribution in [1.82, 2.24) is 24.5 Å². The van der Waals surface area contributed by atoms with E-state index in [4.69, 9.17) is 34.0 Å². The van der Waals surface area contributed by atoms with Crippen LogP contribution < -0.4 is 4.90 Å². The van der Waals surface area contributed by atoms with Crippen LogP contribution in [0.4, 0.5) is 10.6 Å². The number of piperidine rings is 1. The summed E-state index contributed by atoms with van der Waals surface area (Å²) in [6.07, 6.45) is 8.17. The monoisotopic (exact) mass is 806 g/mol. The zero-order valence-electron chi connectivity index (χ0n) is 35.6. The molecular formula is C42H66N6O6Si2. The van der Waals surface area contributed by atoms with E-state index in [2.05, 4.69) is 50.8 Å². The maximum atomic E-state index is 13.5. The highest BCUT2D eigenvalue weighted by molar-refractivity contribution is 6.76. The van der Waals surface area contributed by atoms with E-state index in [-0.39, 0.29) is 37.6 Å². The lowest BCUT2D eigenvalue weighted by Crippen LogP contribution is -2.48. The van der Waals surface area contributed by atoms with E-state index in [1.165, 1.54) is 0 Å². The molecular weight excluding hydrogens is 741 g/mol. The number of carbonyl (C=O) groups is 1. The normalized spacial score (nSPS) is 20.7. The third-order valence-corrected chi connectivity index (χ3v) is 14.4. The standard InChI is InChI=1S/C42H66N6O6Si2/c1-12-53-29(2)36-37(31-23-32-14-15-33(24-31)47(32)40(49)54-41(3,4)5)45-38-34(30-13-16-35(43-25-30)42(50)17-18-42)26-44-48(38)39(36)46(27-51-19-21-55(6,7)8)28-52-20-22-56(9,10)11/h13,16,25-26,31-33,50H,2,12,14-15,17-24,27-28H2,1,3-11H3. The van der Waals surface area contributed by atoms with Crippen LogP contribution in [0.1, 0.15) is 89.1 Å². The first-order chi connectivity index (χ1) is 26.3. The average molecular weight is 807 g/mol. The molecule has 308 valence electrons. The lowest BCUT2D eigenvalue weighted by molar-refractivity contribution is 0.00566. The molecule has 2 unspecified atom stereocenters. The summed E-state index contributed by atoms with van der Waals surface area (Å²) in [4.78, 5) is 27.8. The van der Waals surface area contributed by atoms with Gasteiger partial charge in [-0.05, 0) is 84.4 Å². The van der Waals surface area contributed by atoms with Crippen LogP contribution in [0.3, 0.4) is 0 Å². The van der Waals surface area contributed by atoms with Crippen molar-refractivity contribution in [3.05, 3.63) is 48.1 Å². The number of carbonyl (C=O) groups excluding carboxylic acids is 1. The second-order valence-electron chi connectivity index (χ2n) is 19.5. The molecule has 0 radical (unpaired) electrons. The van der Waals surface area contributed by atoms with Gasteiger partial charge < -0.3 is 33.9 Å². The summed E-state index contributed by atoms with van der Waals surface area (Å²) in [5.41, 5.74) is 3.32. The van der Waals surface area contributed by atoms with Crippen LogP contribution in [-0.2, 0) is 24.5 Å². The number of rotatable bonds is 17. The number of aliphatic hydroxyl groups is 1. The predicted molar refractivity (Wildman–Crippen MR) is 227 cm³/mol. The largest absolute Gasteiger partial charge is 0.494 e. The highest BCUT2D eigenvalue weighted by Crippen LogP contribution is 2.48. The summed E-state index contributed by atoms with van der Waals surface area (Å²) in [6, 6.07) is 6.05. The number of ether oxygens (including phenoxy) is 4. The van der Waals surface area contributed by atoms with Crippen LogP contribution in [0.15, 0.2) is 31.1 Å². The smallest absolute Gasteiger partial charge is 0.410 e. The molecule has 1 saturated carbocycles. The zero-order valence-corrected chi connectivity index (χ0v) is 37.6. The molecule has 1 N–H and O–H groups in total. The maximum Gasteiger partial charge on any atom is 0.410 e. The quantitative estimate of drug-likeness (QED) is 0.0613. The van der Waals surface area contributed by atoms with Gasteiger partial charge in [-0.15, -0.1) is 0 Å². The minimum Gasteiger partial charge on any atom is -0.494 e. The first-order valence-corrected chi connectivity index (χ1v) is 28.0. The van der Waals surface area contributed by atoms with Crippen molar-refractivity contribution < 1.29 is 28.8 Å². The van der Waals surface area contributed by atoms with Crippen LogP contribution in [0.25, 0.3) is 22.5 Å². The third kappa shape index (κ3) is 10.0. The maximum absolute atomic E-state index is 13.5. The zero-order chi connectivity index (χ0) is 40.6. The van der Waals surface area contributed by atoms with Gasteiger partial charge in [-0.3, -0.25) is 4.98 Å². The van der Waals surface area contributed by atoms with Gasteiger partial charge in [0.15, 0.2) is 5.65 Å². The van der Waals surface area contributed by atoms with Crippen molar-refractivity contribution in [2.75, 3.05) is 38.2 Å². The molecule has 56 heavy (non-hydrogen) atoms. The number of pyridine rings is 1. The molecule has 2 aliphatic heterocycles. The molecule has 1 aliphatic carbocycles. The molecule has 14 heteroatoms. The molecule has 5 heterocycles. The molecule has 6 rings (SSSR count). The van der Waals surface area contributed by atoms with E-state index in [9.17, 15) is 9.90 Å². The van der Waals surface area contributed by atoms with E-state index in [0.29, 0.717) is 36.9 Å². The fourth-order valence-corrected chi connectivity index (χ4v) is 9.30. The van der Waals surface area contributed by atoms with E-state index in [1.54, 1.807) is 0 Å². The average Bonchev–Trinajstić information content (AvgIpc) is 3.61. The van der Waals surface area contributed by atoms with Gasteiger partial charge in [0, 0.05) is 64.7 Å². The number of aromatic nitrogens is 4. The summed E-state index contributed by atoms with van der Waals surface area (Å²) < 4.78 is 27.0. The number of hydrogen-bond acceptors (Lipinski definition) is 10. The number of fused-ring (bicyclic) bond motifs is 3. The van der Waals surface area contributed by atoms with Crippen LogP contribution in [0.2, 0.25) is 51.4 Å². The Morgan fingerprint density at radius 3 is 2.09 bits per heavy atom. The Morgan fingerprint density at radius 2 is 1.59 bits per heavy atom. The van der Waals surface area contributed by atoms with Gasteiger partial charge in [0.05, 0.1) is 29.8 Å². The summed E-state index contributed by atoms with van der Waals surface area (Å²) in [6.45, 7) is 28.7. The van der Waals surface area contributed by atoms with Crippen molar-refractivity contribution >= 4 is 39.5 Å². The molecule has 2 saturated heterocycles. The highest BCUT2D eigenvalue weighted by atomic mass is 28.3. The molecule has 0 spiro atoms. The van der Waals surface area contributed by atoms with Crippen LogP contribution in [-0.4, -0.2) is 103 Å². The summed E-state index contributed by atoms with van der Waals surface area (Å²) >= 11 is 0. The van der Waals surface area contributed by atoms with E-state index >= 15 is 0 Å². The van der Waals surface area contributed by atoms with E-state index in [0.717, 1.165) is 78.8 Å². The minimum atomic E-state index is -1.35. The van der Waals surface area contributed by atoms with Crippen molar-refractivity contribution in [2.45, 2.75) is 147 Å². The van der Waals surface area contributed by atoms with E-state index < -0.39 is 27.3 Å². The second kappa shape index (κ2) is 16.5. The number of hydrogen-bond donors (Lipinski definition) is 1. The minimum absolute atomic E-state index is 0.0111. The van der Waals surface area contributed by atoms with E-state index in [1.807, 2.05) is 61.6 Å². The molecule has 2 bridgehead atoms. The van der Waals surface area contributed by atoms with Gasteiger partial charge in [0.25, 0.3) is 0 Å². The Labute approximate surface area is 336 Å². The number of amides is 1. The Hall–Kier alpha value is -3.31. The first-order valence-electron chi connectivity index (χ1n) is 20.6. The second-order valence-corrected chi connectivity index (χ2v) is 30.7. The van der Waals surface area contributed by atoms with Gasteiger partial charge in [0.1, 0.15) is 36.2 Å². The van der Waals surface area contributed by atoms with Gasteiger partial charge in [-0.2, -0.15) is 9.61 Å². The molecule has 3 aromatic rings. The molecule has 1 amide bonds. The molecule has 3 aliphatic rings. The number of nitrogens with zero attached hydrogens (tertiary/aromatic N) is 6. The van der Waals surface area contributed by atoms with Crippen LogP contribution in [0.5, 0.6) is 0 Å². The molecule has 12 nitrogen and oxygen atoms in total. The molecule has 2 atom stereocenters. The summed E-state index contributed by atoms with van der Waals surface area (Å²) in [5.74, 6) is 1.29. The lowest BCUT2D eigenvalue weighted by Gasteiger charge is -2.40. The van der Waals surface area contributed by atoms with Crippen molar-refractivity contribution in [3.8, 4) is 11.1 Å². The van der Waals surface area contributed by atoms with Crippen molar-refractivity contribution in [1.29, 1.82) is 0 Å². The summed E-state index contributed by atoms with van der Waals surface area (Å²) in [7, 11) is -2.69. The molecule has 3 fully saturated rings. The predicted octanol–water partition coefficient (Wildman–Crippen LogP) is 8.86. The van der Waals surface area contributed by atoms with Gasteiger partial charge >= 0.3 is 6.09 Å². The Bertz CT molecular complexity index is 1820. The molecule has 3 aromatic heterocycles. The van der Waals surface area contributed by atoms with Crippen LogP contribution in [0, 0.1) is 0 Å².